The summed E-state index contributed by atoms with van der Waals surface area (Å²) in [4.78, 5) is -0.675. The van der Waals surface area contributed by atoms with E-state index in [2.05, 4.69) is 31.9 Å². The van der Waals surface area contributed by atoms with E-state index < -0.39 is 22.3 Å². The van der Waals surface area contributed by atoms with Gasteiger partial charge in [-0.2, -0.15) is 0 Å². The van der Waals surface area contributed by atoms with Crippen LogP contribution in [-0.4, -0.2) is 0 Å². The second-order valence-corrected chi connectivity index (χ2v) is 5.98. The van der Waals surface area contributed by atoms with Gasteiger partial charge in [0.05, 0.1) is 4.83 Å². The van der Waals surface area contributed by atoms with Crippen molar-refractivity contribution in [2.45, 2.75) is 11.8 Å². The van der Waals surface area contributed by atoms with Gasteiger partial charge >= 0.3 is 0 Å². The Morgan fingerprint density at radius 2 is 1.58 bits per heavy atom. The van der Waals surface area contributed by atoms with Gasteiger partial charge in [0.2, 0.25) is 0 Å². The van der Waals surface area contributed by atoms with E-state index >= 15 is 0 Å². The monoisotopic (exact) mass is 392 g/mol. The van der Waals surface area contributed by atoms with E-state index in [1.54, 1.807) is 6.07 Å². The fourth-order valence-corrected chi connectivity index (χ4v) is 3.14. The largest absolute Gasteiger partial charge is 0.207 e. The van der Waals surface area contributed by atoms with E-state index in [-0.39, 0.29) is 5.56 Å². The zero-order valence-corrected chi connectivity index (χ0v) is 13.0. The van der Waals surface area contributed by atoms with E-state index in [1.807, 2.05) is 19.1 Å². The standard InChI is InChI=1S/C14H9Br2F3/c1-7-2-3-8(15)4-10(7)14(16)13-11(18)5-9(17)6-12(13)19/h2-6,14H,1H3. The Kier molecular flexibility index (Phi) is 4.36. The van der Waals surface area contributed by atoms with Gasteiger partial charge in [-0.15, -0.1) is 0 Å². The first-order chi connectivity index (χ1) is 8.90. The molecular formula is C14H9Br2F3. The maximum absolute atomic E-state index is 13.8. The Morgan fingerprint density at radius 3 is 2.16 bits per heavy atom. The molecule has 0 fully saturated rings. The molecule has 2 aromatic carbocycles. The molecule has 5 heteroatoms. The van der Waals surface area contributed by atoms with E-state index in [0.29, 0.717) is 12.1 Å². The first-order valence-corrected chi connectivity index (χ1v) is 7.15. The highest BCUT2D eigenvalue weighted by molar-refractivity contribution is 9.10. The quantitative estimate of drug-likeness (QED) is 0.577. The molecule has 0 radical (unpaired) electrons. The number of hydrogen-bond acceptors (Lipinski definition) is 0. The molecule has 0 N–H and O–H groups in total. The van der Waals surface area contributed by atoms with Crippen LogP contribution in [0.1, 0.15) is 21.5 Å². The number of aryl methyl sites for hydroxylation is 1. The second kappa shape index (κ2) is 5.67. The maximum Gasteiger partial charge on any atom is 0.133 e. The Morgan fingerprint density at radius 1 is 1.00 bits per heavy atom. The molecule has 1 atom stereocenters. The lowest BCUT2D eigenvalue weighted by molar-refractivity contribution is 0.527. The molecule has 0 heterocycles. The van der Waals surface area contributed by atoms with Crippen LogP contribution < -0.4 is 0 Å². The second-order valence-electron chi connectivity index (χ2n) is 4.15. The molecule has 0 nitrogen and oxygen atoms in total. The van der Waals surface area contributed by atoms with E-state index in [0.717, 1.165) is 15.6 Å². The average Bonchev–Trinajstić information content (AvgIpc) is 2.30. The van der Waals surface area contributed by atoms with E-state index in [9.17, 15) is 13.2 Å². The molecule has 0 saturated heterocycles. The summed E-state index contributed by atoms with van der Waals surface area (Å²) in [6, 6.07) is 6.82. The van der Waals surface area contributed by atoms with Crippen molar-refractivity contribution in [3.05, 3.63) is 68.9 Å². The SMILES string of the molecule is Cc1ccc(Br)cc1C(Br)c1c(F)cc(F)cc1F. The lowest BCUT2D eigenvalue weighted by atomic mass is 9.99. The highest BCUT2D eigenvalue weighted by Gasteiger charge is 2.22. The van der Waals surface area contributed by atoms with Crippen LogP contribution in [0.25, 0.3) is 0 Å². The third kappa shape index (κ3) is 3.03. The summed E-state index contributed by atoms with van der Waals surface area (Å²) < 4.78 is 41.2. The van der Waals surface area contributed by atoms with Gasteiger partial charge in [0.25, 0.3) is 0 Å². The molecule has 0 bridgehead atoms. The minimum absolute atomic E-state index is 0.192. The zero-order valence-electron chi connectivity index (χ0n) is 9.85. The summed E-state index contributed by atoms with van der Waals surface area (Å²) in [6.07, 6.45) is 0. The first-order valence-electron chi connectivity index (χ1n) is 5.44. The topological polar surface area (TPSA) is 0 Å². The van der Waals surface area contributed by atoms with Gasteiger partial charge in [0.15, 0.2) is 0 Å². The molecule has 0 spiro atoms. The summed E-state index contributed by atoms with van der Waals surface area (Å²) in [5, 5.41) is 0. The third-order valence-corrected chi connectivity index (χ3v) is 4.26. The van der Waals surface area contributed by atoms with Crippen molar-refractivity contribution >= 4 is 31.9 Å². The minimum Gasteiger partial charge on any atom is -0.207 e. The number of hydrogen-bond donors (Lipinski definition) is 0. The van der Waals surface area contributed by atoms with Gasteiger partial charge < -0.3 is 0 Å². The van der Waals surface area contributed by atoms with Gasteiger partial charge in [-0.3, -0.25) is 0 Å². The number of rotatable bonds is 2. The Labute approximate surface area is 125 Å². The molecule has 2 aromatic rings. The number of alkyl halides is 1. The maximum atomic E-state index is 13.8. The van der Waals surface area contributed by atoms with Crippen LogP contribution in [0.15, 0.2) is 34.8 Å². The first kappa shape index (κ1) is 14.6. The van der Waals surface area contributed by atoms with Crippen LogP contribution >= 0.6 is 31.9 Å². The highest BCUT2D eigenvalue weighted by Crippen LogP contribution is 2.37. The van der Waals surface area contributed by atoms with Crippen LogP contribution in [0.3, 0.4) is 0 Å². The van der Waals surface area contributed by atoms with Crippen molar-refractivity contribution in [1.29, 1.82) is 0 Å². The molecule has 0 aromatic heterocycles. The van der Waals surface area contributed by atoms with Crippen molar-refractivity contribution in [1.82, 2.24) is 0 Å². The van der Waals surface area contributed by atoms with Crippen molar-refractivity contribution in [2.75, 3.05) is 0 Å². The molecule has 0 aliphatic rings. The normalized spacial score (nSPS) is 12.5. The van der Waals surface area contributed by atoms with E-state index in [1.165, 1.54) is 0 Å². The van der Waals surface area contributed by atoms with Crippen LogP contribution in [0.4, 0.5) is 13.2 Å². The third-order valence-electron chi connectivity index (χ3n) is 2.81. The molecule has 19 heavy (non-hydrogen) atoms. The van der Waals surface area contributed by atoms with Crippen LogP contribution in [0.5, 0.6) is 0 Å². The van der Waals surface area contributed by atoms with Gasteiger partial charge in [-0.25, -0.2) is 13.2 Å². The molecule has 100 valence electrons. The van der Waals surface area contributed by atoms with Crippen molar-refractivity contribution in [2.24, 2.45) is 0 Å². The smallest absolute Gasteiger partial charge is 0.133 e. The predicted octanol–water partition coefficient (Wildman–Crippen LogP) is 5.66. The minimum atomic E-state index is -0.926. The summed E-state index contributed by atoms with van der Waals surface area (Å²) >= 11 is 6.60. The summed E-state index contributed by atoms with van der Waals surface area (Å²) in [6.45, 7) is 1.84. The Bertz CT molecular complexity index is 603. The van der Waals surface area contributed by atoms with Crippen molar-refractivity contribution < 1.29 is 13.2 Å². The average molecular weight is 394 g/mol. The van der Waals surface area contributed by atoms with Crippen LogP contribution in [0.2, 0.25) is 0 Å². The summed E-state index contributed by atoms with van der Waals surface area (Å²) in [5.41, 5.74) is 1.41. The van der Waals surface area contributed by atoms with Gasteiger partial charge in [-0.05, 0) is 30.2 Å². The fraction of sp³-hybridized carbons (Fsp3) is 0.143. The van der Waals surface area contributed by atoms with Gasteiger partial charge in [-0.1, -0.05) is 37.9 Å². The molecule has 1 unspecified atom stereocenters. The van der Waals surface area contributed by atoms with Crippen molar-refractivity contribution in [3.63, 3.8) is 0 Å². The molecular weight excluding hydrogens is 385 g/mol. The Hall–Kier alpha value is -0.810. The molecule has 0 saturated carbocycles. The molecule has 2 rings (SSSR count). The fourth-order valence-electron chi connectivity index (χ4n) is 1.84. The number of benzene rings is 2. The van der Waals surface area contributed by atoms with Crippen molar-refractivity contribution in [3.8, 4) is 0 Å². The van der Waals surface area contributed by atoms with Gasteiger partial charge in [0, 0.05) is 22.2 Å². The lowest BCUT2D eigenvalue weighted by Gasteiger charge is -2.15. The van der Waals surface area contributed by atoms with Crippen LogP contribution in [-0.2, 0) is 0 Å². The predicted molar refractivity (Wildman–Crippen MR) is 76.0 cm³/mol. The lowest BCUT2D eigenvalue weighted by Crippen LogP contribution is -2.03. The summed E-state index contributed by atoms with van der Waals surface area (Å²) in [7, 11) is 0. The van der Waals surface area contributed by atoms with Gasteiger partial charge in [0.1, 0.15) is 17.5 Å². The zero-order chi connectivity index (χ0) is 14.2. The molecule has 0 aliphatic heterocycles. The van der Waals surface area contributed by atoms with Crippen LogP contribution in [0, 0.1) is 24.4 Å². The highest BCUT2D eigenvalue weighted by atomic mass is 79.9. The van der Waals surface area contributed by atoms with E-state index in [4.69, 9.17) is 0 Å². The molecule has 0 amide bonds. The Balaban J connectivity index is 2.56. The summed E-state index contributed by atoms with van der Waals surface area (Å²) in [5.74, 6) is -2.73. The number of halogens is 5. The molecule has 0 aliphatic carbocycles.